The summed E-state index contributed by atoms with van der Waals surface area (Å²) in [7, 11) is 1.64. The van der Waals surface area contributed by atoms with Crippen LogP contribution in [0.5, 0.6) is 5.75 Å². The van der Waals surface area contributed by atoms with E-state index in [0.717, 1.165) is 16.3 Å². The summed E-state index contributed by atoms with van der Waals surface area (Å²) in [6, 6.07) is 16.8. The summed E-state index contributed by atoms with van der Waals surface area (Å²) < 4.78 is 5.33. The van der Waals surface area contributed by atoms with Gasteiger partial charge in [-0.25, -0.2) is 0 Å². The monoisotopic (exact) mass is 325 g/mol. The van der Waals surface area contributed by atoms with Crippen LogP contribution in [0.25, 0.3) is 0 Å². The molecule has 0 aliphatic rings. The predicted molar refractivity (Wildman–Crippen MR) is 90.1 cm³/mol. The lowest BCUT2D eigenvalue weighted by molar-refractivity contribution is 0.102. The highest BCUT2D eigenvalue weighted by Crippen LogP contribution is 2.24. The minimum atomic E-state index is -0.189. The Morgan fingerprint density at radius 2 is 1.83 bits per heavy atom. The zero-order valence-electron chi connectivity index (χ0n) is 12.5. The highest BCUT2D eigenvalue weighted by atomic mass is 32.1. The van der Waals surface area contributed by atoms with Gasteiger partial charge in [0.1, 0.15) is 10.8 Å². The first-order valence-electron chi connectivity index (χ1n) is 7.07. The first-order valence-corrected chi connectivity index (χ1v) is 7.88. The van der Waals surface area contributed by atoms with E-state index in [2.05, 4.69) is 15.5 Å². The number of methoxy groups -OCH3 is 1. The average Bonchev–Trinajstić information content (AvgIpc) is 3.03. The molecule has 1 aromatic heterocycles. The molecule has 1 N–H and O–H groups in total. The lowest BCUT2D eigenvalue weighted by Crippen LogP contribution is -2.11. The van der Waals surface area contributed by atoms with E-state index in [1.165, 1.54) is 11.3 Å². The average molecular weight is 325 g/mol. The van der Waals surface area contributed by atoms with Gasteiger partial charge in [0.2, 0.25) is 5.13 Å². The number of para-hydroxylation sites is 1. The van der Waals surface area contributed by atoms with E-state index < -0.39 is 0 Å². The smallest absolute Gasteiger partial charge is 0.257 e. The molecule has 0 aliphatic carbocycles. The van der Waals surface area contributed by atoms with Crippen molar-refractivity contribution in [2.75, 3.05) is 12.4 Å². The summed E-state index contributed by atoms with van der Waals surface area (Å²) in [6.07, 6.45) is 0.614. The van der Waals surface area contributed by atoms with Gasteiger partial charge >= 0.3 is 0 Å². The van der Waals surface area contributed by atoms with Crippen LogP contribution in [0.2, 0.25) is 0 Å². The van der Waals surface area contributed by atoms with Crippen molar-refractivity contribution in [2.45, 2.75) is 6.42 Å². The summed E-state index contributed by atoms with van der Waals surface area (Å²) in [5.41, 5.74) is 1.63. The maximum atomic E-state index is 12.1. The molecule has 1 heterocycles. The molecule has 3 aromatic rings. The number of nitrogens with one attached hydrogen (secondary N) is 1. The minimum Gasteiger partial charge on any atom is -0.496 e. The van der Waals surface area contributed by atoms with Crippen LogP contribution < -0.4 is 10.1 Å². The number of hydrogen-bond acceptors (Lipinski definition) is 5. The molecule has 0 atom stereocenters. The molecule has 23 heavy (non-hydrogen) atoms. The van der Waals surface area contributed by atoms with E-state index in [1.807, 2.05) is 42.5 Å². The first kappa shape index (κ1) is 15.2. The van der Waals surface area contributed by atoms with E-state index in [1.54, 1.807) is 19.2 Å². The molecule has 0 saturated carbocycles. The Bertz CT molecular complexity index is 802. The molecular formula is C17H15N3O2S. The van der Waals surface area contributed by atoms with Gasteiger partial charge in [-0.1, -0.05) is 47.7 Å². The van der Waals surface area contributed by atoms with Crippen LogP contribution in [-0.2, 0) is 6.42 Å². The number of nitrogens with zero attached hydrogens (tertiary/aromatic N) is 2. The van der Waals surface area contributed by atoms with Crippen LogP contribution in [0, 0.1) is 0 Å². The van der Waals surface area contributed by atoms with Crippen LogP contribution in [0.3, 0.4) is 0 Å². The minimum absolute atomic E-state index is 0.189. The number of ether oxygens (including phenoxy) is 1. The van der Waals surface area contributed by atoms with E-state index in [9.17, 15) is 4.79 Å². The molecule has 116 valence electrons. The number of carbonyl (C=O) groups excluding carboxylic acids is 1. The van der Waals surface area contributed by atoms with Crippen molar-refractivity contribution in [3.8, 4) is 5.75 Å². The summed E-state index contributed by atoms with van der Waals surface area (Å²) in [5, 5.41) is 12.2. The molecule has 0 saturated heterocycles. The molecule has 0 unspecified atom stereocenters. The lowest BCUT2D eigenvalue weighted by Gasteiger charge is -2.05. The van der Waals surface area contributed by atoms with Crippen molar-refractivity contribution in [3.63, 3.8) is 0 Å². The lowest BCUT2D eigenvalue weighted by atomic mass is 10.1. The van der Waals surface area contributed by atoms with E-state index in [4.69, 9.17) is 4.74 Å². The van der Waals surface area contributed by atoms with Gasteiger partial charge in [-0.05, 0) is 18.2 Å². The zero-order chi connectivity index (χ0) is 16.1. The van der Waals surface area contributed by atoms with Crippen molar-refractivity contribution < 1.29 is 9.53 Å². The van der Waals surface area contributed by atoms with Gasteiger partial charge in [0.05, 0.1) is 7.11 Å². The van der Waals surface area contributed by atoms with Gasteiger partial charge in [-0.3, -0.25) is 10.1 Å². The summed E-state index contributed by atoms with van der Waals surface area (Å²) in [5.74, 6) is 0.628. The molecule has 1 amide bonds. The van der Waals surface area contributed by atoms with Crippen LogP contribution >= 0.6 is 11.3 Å². The Balaban J connectivity index is 1.70. The highest BCUT2D eigenvalue weighted by molar-refractivity contribution is 7.15. The Morgan fingerprint density at radius 3 is 2.61 bits per heavy atom. The van der Waals surface area contributed by atoms with E-state index in [-0.39, 0.29) is 5.91 Å². The van der Waals surface area contributed by atoms with E-state index in [0.29, 0.717) is 17.1 Å². The Labute approximate surface area is 138 Å². The van der Waals surface area contributed by atoms with E-state index >= 15 is 0 Å². The fourth-order valence-electron chi connectivity index (χ4n) is 2.15. The van der Waals surface area contributed by atoms with Gasteiger partial charge < -0.3 is 4.74 Å². The molecule has 0 bridgehead atoms. The zero-order valence-corrected chi connectivity index (χ0v) is 13.3. The van der Waals surface area contributed by atoms with Crippen molar-refractivity contribution in [1.82, 2.24) is 10.2 Å². The maximum Gasteiger partial charge on any atom is 0.257 e. The molecule has 5 nitrogen and oxygen atoms in total. The van der Waals surface area contributed by atoms with Crippen LogP contribution in [0.4, 0.5) is 5.13 Å². The standard InChI is InChI=1S/C17H15N3O2S/c1-22-14-10-6-5-9-13(14)11-15-19-20-17(23-15)18-16(21)12-7-3-2-4-8-12/h2-10H,11H2,1H3,(H,18,20,21). The van der Waals surface area contributed by atoms with Crippen molar-refractivity contribution >= 4 is 22.4 Å². The molecule has 0 spiro atoms. The highest BCUT2D eigenvalue weighted by Gasteiger charge is 2.11. The molecular weight excluding hydrogens is 310 g/mol. The second-order valence-electron chi connectivity index (χ2n) is 4.81. The fraction of sp³-hybridized carbons (Fsp3) is 0.118. The Hall–Kier alpha value is -2.73. The Kier molecular flexibility index (Phi) is 4.63. The Morgan fingerprint density at radius 1 is 1.09 bits per heavy atom. The van der Waals surface area contributed by atoms with Crippen molar-refractivity contribution in [1.29, 1.82) is 0 Å². The third kappa shape index (κ3) is 3.73. The van der Waals surface area contributed by atoms with Crippen molar-refractivity contribution in [2.24, 2.45) is 0 Å². The summed E-state index contributed by atoms with van der Waals surface area (Å²) in [6.45, 7) is 0. The fourth-order valence-corrected chi connectivity index (χ4v) is 2.90. The number of aromatic nitrogens is 2. The topological polar surface area (TPSA) is 64.1 Å². The van der Waals surface area contributed by atoms with Crippen LogP contribution in [0.15, 0.2) is 54.6 Å². The van der Waals surface area contributed by atoms with Gasteiger partial charge in [0, 0.05) is 17.5 Å². The maximum absolute atomic E-state index is 12.1. The van der Waals surface area contributed by atoms with Crippen molar-refractivity contribution in [3.05, 3.63) is 70.7 Å². The number of hydrogen-bond donors (Lipinski definition) is 1. The predicted octanol–water partition coefficient (Wildman–Crippen LogP) is 3.39. The third-order valence-corrected chi connectivity index (χ3v) is 4.10. The summed E-state index contributed by atoms with van der Waals surface area (Å²) in [4.78, 5) is 12.1. The number of amides is 1. The SMILES string of the molecule is COc1ccccc1Cc1nnc(NC(=O)c2ccccc2)s1. The number of benzene rings is 2. The molecule has 6 heteroatoms. The van der Waals surface area contributed by atoms with Gasteiger partial charge in [0.25, 0.3) is 5.91 Å². The number of rotatable bonds is 5. The first-order chi connectivity index (χ1) is 11.3. The van der Waals surface area contributed by atoms with Crippen LogP contribution in [-0.4, -0.2) is 23.2 Å². The third-order valence-electron chi connectivity index (χ3n) is 3.26. The molecule has 0 aliphatic heterocycles. The number of anilines is 1. The largest absolute Gasteiger partial charge is 0.496 e. The quantitative estimate of drug-likeness (QED) is 0.781. The second-order valence-corrected chi connectivity index (χ2v) is 5.87. The molecule has 0 fully saturated rings. The molecule has 0 radical (unpaired) electrons. The second kappa shape index (κ2) is 7.02. The van der Waals surface area contributed by atoms with Gasteiger partial charge in [-0.15, -0.1) is 10.2 Å². The normalized spacial score (nSPS) is 10.3. The molecule has 3 rings (SSSR count). The van der Waals surface area contributed by atoms with Gasteiger partial charge in [-0.2, -0.15) is 0 Å². The van der Waals surface area contributed by atoms with Crippen LogP contribution in [0.1, 0.15) is 20.9 Å². The summed E-state index contributed by atoms with van der Waals surface area (Å²) >= 11 is 1.36. The van der Waals surface area contributed by atoms with Gasteiger partial charge in [0.15, 0.2) is 0 Å². The molecule has 2 aromatic carbocycles. The number of carbonyl (C=O) groups is 1.